The molecule has 0 aliphatic carbocycles. The molecule has 2 rings (SSSR count). The second kappa shape index (κ2) is 56.3. The number of methoxy groups -OCH3 is 1. The van der Waals surface area contributed by atoms with Crippen LogP contribution in [0.1, 0.15) is 51.4 Å². The fourth-order valence-electron chi connectivity index (χ4n) is 8.99. The number of halogens is 4. The molecule has 1 saturated heterocycles. The lowest BCUT2D eigenvalue weighted by Gasteiger charge is -2.35. The molecule has 1 heterocycles. The monoisotopic (exact) mass is 1420 g/mol. The van der Waals surface area contributed by atoms with Crippen molar-refractivity contribution < 1.29 is 138 Å². The lowest BCUT2D eigenvalue weighted by molar-refractivity contribution is -0.145. The van der Waals surface area contributed by atoms with Gasteiger partial charge in [0.2, 0.25) is 41.0 Å². The Morgan fingerprint density at radius 3 is 1.13 bits per heavy atom. The number of unbranched alkanes of at least 4 members (excludes halogenated alkanes) is 1. The first-order chi connectivity index (χ1) is 47.2. The Labute approximate surface area is 566 Å². The molecule has 1 aromatic carbocycles. The number of carboxylic acid groups (broad SMARTS) is 4. The summed E-state index contributed by atoms with van der Waals surface area (Å²) >= 11 is 0. The first-order valence-electron chi connectivity index (χ1n) is 32.4. The van der Waals surface area contributed by atoms with Crippen molar-refractivity contribution in [2.24, 2.45) is 0 Å². The SMILES string of the molecule is COCCOCCOCCOCCOCCOCCNC(=O)CC[C@@H](NC(=O)CCCCC(=O)Oc1c(F)c(F)cc(F)c1F)C(=O)NCCOCCOCCOCCOCCOCCNC(=O)CCC(C(=O)O)N1CCN(CC(=O)O)CCN(CC(=O)O)CCN(CC(=O)O)CC1. The molecule has 1 fully saturated rings. The first kappa shape index (κ1) is 87.7. The minimum absolute atomic E-state index is 0.0250. The van der Waals surface area contributed by atoms with Gasteiger partial charge in [0.05, 0.1) is 158 Å². The number of carboxylic acids is 4. The smallest absolute Gasteiger partial charge is 0.320 e. The van der Waals surface area contributed by atoms with Gasteiger partial charge < -0.3 is 98.5 Å². The second-order valence-corrected chi connectivity index (χ2v) is 21.7. The van der Waals surface area contributed by atoms with Gasteiger partial charge in [0.15, 0.2) is 11.6 Å². The summed E-state index contributed by atoms with van der Waals surface area (Å²) in [6.07, 6.45) is -1.23. The van der Waals surface area contributed by atoms with E-state index in [2.05, 4.69) is 26.0 Å². The fraction of sp³-hybridized carbons (Fsp3) is 0.754. The quantitative estimate of drug-likeness (QED) is 0.0125. The number of benzene rings is 1. The first-order valence-corrected chi connectivity index (χ1v) is 32.4. The molecular weight excluding hydrogens is 1320 g/mol. The molecule has 98 heavy (non-hydrogen) atoms. The summed E-state index contributed by atoms with van der Waals surface area (Å²) in [4.78, 5) is 117. The van der Waals surface area contributed by atoms with Gasteiger partial charge in [-0.05, 0) is 25.7 Å². The van der Waals surface area contributed by atoms with E-state index in [9.17, 15) is 81.1 Å². The molecule has 0 saturated carbocycles. The Balaban J connectivity index is 1.64. The van der Waals surface area contributed by atoms with Crippen molar-refractivity contribution in [2.45, 2.75) is 63.5 Å². The largest absolute Gasteiger partial charge is 0.480 e. The minimum Gasteiger partial charge on any atom is -0.480 e. The van der Waals surface area contributed by atoms with E-state index in [-0.39, 0.29) is 222 Å². The zero-order valence-corrected chi connectivity index (χ0v) is 55.8. The summed E-state index contributed by atoms with van der Waals surface area (Å²) in [5, 5.41) is 49.2. The van der Waals surface area contributed by atoms with Crippen molar-refractivity contribution in [1.29, 1.82) is 0 Å². The molecule has 4 amide bonds. The van der Waals surface area contributed by atoms with E-state index >= 15 is 0 Å². The lowest BCUT2D eigenvalue weighted by atomic mass is 10.1. The van der Waals surface area contributed by atoms with Gasteiger partial charge >= 0.3 is 29.8 Å². The van der Waals surface area contributed by atoms with E-state index in [1.807, 2.05) is 0 Å². The van der Waals surface area contributed by atoms with Crippen molar-refractivity contribution in [3.63, 3.8) is 0 Å². The average molecular weight is 1420 g/mol. The Hall–Kier alpha value is -6.43. The maximum Gasteiger partial charge on any atom is 0.320 e. The highest BCUT2D eigenvalue weighted by Crippen LogP contribution is 2.27. The minimum atomic E-state index is -1.89. The molecule has 33 nitrogen and oxygen atoms in total. The van der Waals surface area contributed by atoms with Gasteiger partial charge in [0.1, 0.15) is 12.1 Å². The number of ether oxygens (including phenoxy) is 12. The van der Waals surface area contributed by atoms with Crippen LogP contribution in [0.4, 0.5) is 17.6 Å². The highest BCUT2D eigenvalue weighted by Gasteiger charge is 2.30. The second-order valence-electron chi connectivity index (χ2n) is 21.7. The topological polar surface area (TPSA) is 406 Å². The van der Waals surface area contributed by atoms with Crippen LogP contribution in [0, 0.1) is 23.3 Å². The van der Waals surface area contributed by atoms with Crippen LogP contribution >= 0.6 is 0 Å². The van der Waals surface area contributed by atoms with Crippen molar-refractivity contribution in [1.82, 2.24) is 40.9 Å². The number of carbonyl (C=O) groups excluding carboxylic acids is 5. The number of nitrogens with zero attached hydrogens (tertiary/aromatic N) is 4. The molecule has 1 aliphatic rings. The van der Waals surface area contributed by atoms with E-state index in [0.29, 0.717) is 59.5 Å². The Morgan fingerprint density at radius 2 is 0.765 bits per heavy atom. The third-order valence-electron chi connectivity index (χ3n) is 14.0. The Morgan fingerprint density at radius 1 is 0.429 bits per heavy atom. The highest BCUT2D eigenvalue weighted by atomic mass is 19.2. The number of hydrogen-bond donors (Lipinski definition) is 8. The predicted octanol–water partition coefficient (Wildman–Crippen LogP) is -1.16. The molecule has 0 radical (unpaired) electrons. The number of carbonyl (C=O) groups is 9. The van der Waals surface area contributed by atoms with E-state index in [0.717, 1.165) is 0 Å². The van der Waals surface area contributed by atoms with Gasteiger partial charge in [-0.15, -0.1) is 0 Å². The Bertz CT molecular complexity index is 2400. The summed E-state index contributed by atoms with van der Waals surface area (Å²) in [6, 6.07) is -2.37. The third-order valence-corrected chi connectivity index (χ3v) is 14.0. The van der Waals surface area contributed by atoms with Gasteiger partial charge in [0, 0.05) is 111 Å². The van der Waals surface area contributed by atoms with E-state index in [1.54, 1.807) is 26.7 Å². The highest BCUT2D eigenvalue weighted by molar-refractivity contribution is 5.88. The number of hydrogen-bond acceptors (Lipinski definition) is 25. The molecule has 8 N–H and O–H groups in total. The van der Waals surface area contributed by atoms with E-state index in [4.69, 9.17) is 52.1 Å². The summed E-state index contributed by atoms with van der Waals surface area (Å²) in [5.41, 5.74) is 0. The molecular formula is C61H100F4N8O25. The van der Waals surface area contributed by atoms with Crippen molar-refractivity contribution in [3.05, 3.63) is 29.3 Å². The summed E-state index contributed by atoms with van der Waals surface area (Å²) in [7, 11) is 1.60. The zero-order valence-electron chi connectivity index (χ0n) is 55.8. The van der Waals surface area contributed by atoms with Gasteiger partial charge in [-0.25, -0.2) is 8.78 Å². The molecule has 1 aliphatic heterocycles. The van der Waals surface area contributed by atoms with Gasteiger partial charge in [-0.1, -0.05) is 0 Å². The van der Waals surface area contributed by atoms with Crippen molar-refractivity contribution in [3.8, 4) is 5.75 Å². The summed E-state index contributed by atoms with van der Waals surface area (Å²) in [6.45, 7) is 6.49. The predicted molar refractivity (Wildman–Crippen MR) is 335 cm³/mol. The molecule has 2 atom stereocenters. The standard InChI is InChI=1S/C61H100F4N8O25/c1-87-24-25-91-32-33-95-40-41-97-38-35-92-29-26-88-21-10-66-50(74)8-6-48(69-52(76)4-2-3-5-56(83)98-59-57(64)46(62)42-47(63)58(59)65)60(84)68-12-23-90-28-31-94-36-39-96-37-34-93-30-27-89-22-11-67-51(75)9-7-49(61(85)86)73-19-17-71(44-54(79)80)15-13-70(43-53(77)78)14-16-72(18-20-73)45-55(81)82/h42,48-49H,2-41,43-45H2,1H3,(H,66,74)(H,67,75)(H,68,84)(H,69,76)(H,77,78)(H,79,80)(H,81,82)(H,85,86)/t48-,49?/m1/s1. The molecule has 0 spiro atoms. The number of esters is 1. The molecule has 1 aromatic rings. The third kappa shape index (κ3) is 45.3. The van der Waals surface area contributed by atoms with Crippen LogP contribution in [-0.4, -0.2) is 343 Å². The number of nitrogens with one attached hydrogen (secondary N) is 4. The molecule has 0 aromatic heterocycles. The molecule has 0 bridgehead atoms. The maximum absolute atomic E-state index is 14.0. The number of aliphatic carboxylic acids is 4. The molecule has 562 valence electrons. The van der Waals surface area contributed by atoms with E-state index in [1.165, 1.54) is 0 Å². The van der Waals surface area contributed by atoms with Crippen LogP contribution in [0.5, 0.6) is 5.75 Å². The van der Waals surface area contributed by atoms with Crippen LogP contribution in [0.3, 0.4) is 0 Å². The number of amides is 4. The normalized spacial score (nSPS) is 14.4. The van der Waals surface area contributed by atoms with Crippen LogP contribution < -0.4 is 26.0 Å². The van der Waals surface area contributed by atoms with Gasteiger partial charge in [-0.2, -0.15) is 8.78 Å². The average Bonchev–Trinajstić information content (AvgIpc) is 0.836. The van der Waals surface area contributed by atoms with Crippen molar-refractivity contribution in [2.75, 3.05) is 237 Å². The van der Waals surface area contributed by atoms with Crippen LogP contribution in [0.2, 0.25) is 0 Å². The van der Waals surface area contributed by atoms with Gasteiger partial charge in [0.25, 0.3) is 0 Å². The lowest BCUT2D eigenvalue weighted by Crippen LogP contribution is -2.52. The van der Waals surface area contributed by atoms with Crippen LogP contribution in [0.25, 0.3) is 0 Å². The van der Waals surface area contributed by atoms with Gasteiger partial charge in [-0.3, -0.25) is 62.8 Å². The van der Waals surface area contributed by atoms with Crippen LogP contribution in [0.15, 0.2) is 6.07 Å². The summed E-state index contributed by atoms with van der Waals surface area (Å²) in [5.74, 6) is -16.7. The number of rotatable bonds is 58. The van der Waals surface area contributed by atoms with Crippen LogP contribution in [-0.2, 0) is 95.3 Å². The zero-order chi connectivity index (χ0) is 72.0. The maximum atomic E-state index is 14.0. The van der Waals surface area contributed by atoms with Crippen molar-refractivity contribution >= 4 is 53.5 Å². The molecule has 37 heteroatoms. The van der Waals surface area contributed by atoms with E-state index < -0.39 is 101 Å². The Kier molecular flexibility index (Phi) is 50.4. The fourth-order valence-corrected chi connectivity index (χ4v) is 8.99. The molecule has 1 unspecified atom stereocenters. The summed E-state index contributed by atoms with van der Waals surface area (Å²) < 4.78 is 119.